The quantitative estimate of drug-likeness (QED) is 0.727. The Labute approximate surface area is 177 Å². The fourth-order valence-electron chi connectivity index (χ4n) is 4.33. The highest BCUT2D eigenvalue weighted by atomic mass is 19.1. The summed E-state index contributed by atoms with van der Waals surface area (Å²) in [5.74, 6) is -0.797. The summed E-state index contributed by atoms with van der Waals surface area (Å²) in [7, 11) is 1.64. The van der Waals surface area contributed by atoms with Gasteiger partial charge in [0, 0.05) is 37.3 Å². The second kappa shape index (κ2) is 9.04. The predicted octanol–water partition coefficient (Wildman–Crippen LogP) is 4.53. The molecule has 1 saturated heterocycles. The smallest absolute Gasteiger partial charge is 0.335 e. The molecule has 2 atom stereocenters. The van der Waals surface area contributed by atoms with Gasteiger partial charge < -0.3 is 20.1 Å². The monoisotopic (exact) mass is 414 g/mol. The van der Waals surface area contributed by atoms with Crippen LogP contribution in [0.4, 0.5) is 10.1 Å². The molecule has 0 amide bonds. The summed E-state index contributed by atoms with van der Waals surface area (Å²) in [4.78, 5) is 14.3. The van der Waals surface area contributed by atoms with Crippen molar-refractivity contribution in [1.29, 1.82) is 0 Å². The lowest BCUT2D eigenvalue weighted by molar-refractivity contribution is 0.0694. The number of carboxylic acids is 1. The van der Waals surface area contributed by atoms with E-state index in [2.05, 4.69) is 31.0 Å². The molecule has 0 aliphatic carbocycles. The number of halogens is 1. The van der Waals surface area contributed by atoms with E-state index in [1.165, 1.54) is 18.2 Å². The normalized spacial score (nSPS) is 18.2. The summed E-state index contributed by atoms with van der Waals surface area (Å²) in [6.45, 7) is 8.71. The van der Waals surface area contributed by atoms with E-state index in [4.69, 9.17) is 4.74 Å². The molecule has 0 saturated carbocycles. The zero-order valence-electron chi connectivity index (χ0n) is 18.1. The number of carboxylic acid groups (broad SMARTS) is 1. The van der Waals surface area contributed by atoms with Crippen molar-refractivity contribution in [3.8, 4) is 5.75 Å². The number of ether oxygens (including phenoxy) is 1. The van der Waals surface area contributed by atoms with Crippen LogP contribution >= 0.6 is 0 Å². The highest BCUT2D eigenvalue weighted by molar-refractivity contribution is 5.89. The van der Waals surface area contributed by atoms with Gasteiger partial charge in [0.25, 0.3) is 0 Å². The molecule has 1 aliphatic rings. The van der Waals surface area contributed by atoms with E-state index in [0.717, 1.165) is 30.9 Å². The summed E-state index contributed by atoms with van der Waals surface area (Å²) < 4.78 is 19.5. The lowest BCUT2D eigenvalue weighted by Gasteiger charge is -2.44. The number of piperazine rings is 1. The van der Waals surface area contributed by atoms with Gasteiger partial charge in [-0.05, 0) is 59.9 Å². The molecule has 1 aliphatic heterocycles. The average molecular weight is 415 g/mol. The van der Waals surface area contributed by atoms with Gasteiger partial charge in [0.15, 0.2) is 0 Å². The number of anilines is 1. The van der Waals surface area contributed by atoms with E-state index >= 15 is 0 Å². The van der Waals surface area contributed by atoms with Crippen LogP contribution in [-0.2, 0) is 0 Å². The van der Waals surface area contributed by atoms with Crippen molar-refractivity contribution in [2.75, 3.05) is 31.6 Å². The molecule has 0 radical (unpaired) electrons. The molecule has 3 rings (SSSR count). The molecule has 2 aromatic carbocycles. The third kappa shape index (κ3) is 5.11. The minimum Gasteiger partial charge on any atom is -0.497 e. The first kappa shape index (κ1) is 22.1. The maximum Gasteiger partial charge on any atom is 0.335 e. The molecule has 2 N–H and O–H groups in total. The summed E-state index contributed by atoms with van der Waals surface area (Å²) >= 11 is 0. The Balaban J connectivity index is 2.07. The standard InChI is InChI=1S/C24H31FN2O3/c1-24(2,3)14-21(20-13-16(25)5-10-19(20)23(28)29)22-15-26-11-12-27(22)17-6-8-18(30-4)9-7-17/h5-10,13,21-22,26H,11-12,14-15H2,1-4H3,(H,28,29). The second-order valence-electron chi connectivity index (χ2n) is 9.07. The maximum absolute atomic E-state index is 14.2. The highest BCUT2D eigenvalue weighted by Gasteiger charge is 2.36. The van der Waals surface area contributed by atoms with Gasteiger partial charge in [-0.2, -0.15) is 0 Å². The number of hydrogen-bond acceptors (Lipinski definition) is 4. The number of methoxy groups -OCH3 is 1. The molecule has 30 heavy (non-hydrogen) atoms. The Bertz CT molecular complexity index is 877. The largest absolute Gasteiger partial charge is 0.497 e. The summed E-state index contributed by atoms with van der Waals surface area (Å²) in [6.07, 6.45) is 0.732. The minimum absolute atomic E-state index is 0.00808. The summed E-state index contributed by atoms with van der Waals surface area (Å²) in [6, 6.07) is 11.9. The predicted molar refractivity (Wildman–Crippen MR) is 117 cm³/mol. The van der Waals surface area contributed by atoms with Crippen LogP contribution in [0.25, 0.3) is 0 Å². The SMILES string of the molecule is COc1ccc(N2CCNCC2C(CC(C)(C)C)c2cc(F)ccc2C(=O)O)cc1. The van der Waals surface area contributed by atoms with Crippen LogP contribution in [0.5, 0.6) is 5.75 Å². The van der Waals surface area contributed by atoms with Crippen LogP contribution in [0.3, 0.4) is 0 Å². The van der Waals surface area contributed by atoms with E-state index in [1.54, 1.807) is 7.11 Å². The molecule has 2 aromatic rings. The Kier molecular flexibility index (Phi) is 6.66. The molecule has 0 spiro atoms. The van der Waals surface area contributed by atoms with Crippen molar-refractivity contribution in [2.24, 2.45) is 5.41 Å². The summed E-state index contributed by atoms with van der Waals surface area (Å²) in [5, 5.41) is 13.2. The average Bonchev–Trinajstić information content (AvgIpc) is 2.71. The van der Waals surface area contributed by atoms with Crippen molar-refractivity contribution in [2.45, 2.75) is 39.2 Å². The van der Waals surface area contributed by atoms with Gasteiger partial charge in [0.05, 0.1) is 12.7 Å². The van der Waals surface area contributed by atoms with Gasteiger partial charge in [-0.25, -0.2) is 9.18 Å². The van der Waals surface area contributed by atoms with Crippen molar-refractivity contribution in [3.63, 3.8) is 0 Å². The fourth-order valence-corrected chi connectivity index (χ4v) is 4.33. The van der Waals surface area contributed by atoms with Crippen molar-refractivity contribution in [1.82, 2.24) is 5.32 Å². The number of benzene rings is 2. The number of nitrogens with zero attached hydrogens (tertiary/aromatic N) is 1. The molecule has 1 heterocycles. The van der Waals surface area contributed by atoms with E-state index in [9.17, 15) is 14.3 Å². The highest BCUT2D eigenvalue weighted by Crippen LogP contribution is 2.39. The van der Waals surface area contributed by atoms with Crippen LogP contribution in [0, 0.1) is 11.2 Å². The van der Waals surface area contributed by atoms with Crippen molar-refractivity contribution < 1.29 is 19.0 Å². The third-order valence-corrected chi connectivity index (χ3v) is 5.63. The Hall–Kier alpha value is -2.60. The van der Waals surface area contributed by atoms with Crippen LogP contribution in [0.15, 0.2) is 42.5 Å². The van der Waals surface area contributed by atoms with E-state index in [0.29, 0.717) is 12.1 Å². The zero-order valence-corrected chi connectivity index (χ0v) is 18.1. The lowest BCUT2D eigenvalue weighted by Crippen LogP contribution is -2.54. The number of rotatable bonds is 6. The van der Waals surface area contributed by atoms with E-state index in [-0.39, 0.29) is 22.9 Å². The van der Waals surface area contributed by atoms with Gasteiger partial charge in [-0.15, -0.1) is 0 Å². The minimum atomic E-state index is -1.02. The van der Waals surface area contributed by atoms with Gasteiger partial charge in [0.1, 0.15) is 11.6 Å². The van der Waals surface area contributed by atoms with Crippen molar-refractivity contribution >= 4 is 11.7 Å². The molecule has 0 aromatic heterocycles. The van der Waals surface area contributed by atoms with Gasteiger partial charge >= 0.3 is 5.97 Å². The van der Waals surface area contributed by atoms with Gasteiger partial charge in [0.2, 0.25) is 0 Å². The fraction of sp³-hybridized carbons (Fsp3) is 0.458. The molecule has 2 unspecified atom stereocenters. The van der Waals surface area contributed by atoms with Gasteiger partial charge in [-0.1, -0.05) is 20.8 Å². The van der Waals surface area contributed by atoms with E-state index < -0.39 is 11.8 Å². The Morgan fingerprint density at radius 3 is 2.57 bits per heavy atom. The van der Waals surface area contributed by atoms with Crippen LogP contribution in [0.1, 0.15) is 49.0 Å². The molecule has 162 valence electrons. The topological polar surface area (TPSA) is 61.8 Å². The Morgan fingerprint density at radius 2 is 1.97 bits per heavy atom. The third-order valence-electron chi connectivity index (χ3n) is 5.63. The molecule has 1 fully saturated rings. The van der Waals surface area contributed by atoms with Gasteiger partial charge in [-0.3, -0.25) is 0 Å². The lowest BCUT2D eigenvalue weighted by atomic mass is 9.75. The maximum atomic E-state index is 14.2. The first-order valence-corrected chi connectivity index (χ1v) is 10.3. The summed E-state index contributed by atoms with van der Waals surface area (Å²) in [5.41, 5.74) is 1.72. The number of carbonyl (C=O) groups is 1. The zero-order chi connectivity index (χ0) is 21.9. The Morgan fingerprint density at radius 1 is 1.27 bits per heavy atom. The number of hydrogen-bond donors (Lipinski definition) is 2. The number of nitrogens with one attached hydrogen (secondary N) is 1. The van der Waals surface area contributed by atoms with Crippen LogP contribution in [0.2, 0.25) is 0 Å². The molecule has 5 nitrogen and oxygen atoms in total. The molecular weight excluding hydrogens is 383 g/mol. The van der Waals surface area contributed by atoms with Crippen LogP contribution < -0.4 is 15.0 Å². The molecular formula is C24H31FN2O3. The van der Waals surface area contributed by atoms with Crippen LogP contribution in [-0.4, -0.2) is 43.9 Å². The molecule has 6 heteroatoms. The first-order valence-electron chi connectivity index (χ1n) is 10.3. The molecule has 0 bridgehead atoms. The number of aromatic carboxylic acids is 1. The first-order chi connectivity index (χ1) is 14.2. The van der Waals surface area contributed by atoms with Crippen molar-refractivity contribution in [3.05, 3.63) is 59.4 Å². The second-order valence-corrected chi connectivity index (χ2v) is 9.07. The van der Waals surface area contributed by atoms with E-state index in [1.807, 2.05) is 24.3 Å².